The largest absolute Gasteiger partial charge is 0.467 e. The van der Waals surface area contributed by atoms with Gasteiger partial charge in [0.15, 0.2) is 0 Å². The van der Waals surface area contributed by atoms with E-state index in [0.717, 1.165) is 5.56 Å². The molecule has 1 heterocycles. The number of alkyl carbamates (subject to hydrolysis) is 1. The Morgan fingerprint density at radius 2 is 2.05 bits per heavy atom. The molecule has 1 aliphatic heterocycles. The summed E-state index contributed by atoms with van der Waals surface area (Å²) in [5, 5.41) is 5.09. The minimum absolute atomic E-state index is 0.159. The van der Waals surface area contributed by atoms with E-state index < -0.39 is 18.1 Å². The van der Waals surface area contributed by atoms with Crippen molar-refractivity contribution in [3.8, 4) is 0 Å². The molecule has 7 nitrogen and oxygen atoms in total. The first kappa shape index (κ1) is 15.8. The lowest BCUT2D eigenvalue weighted by molar-refractivity contribution is -0.144. The number of hydrogen-bond acceptors (Lipinski definition) is 5. The van der Waals surface area contributed by atoms with Gasteiger partial charge in [-0.1, -0.05) is 30.3 Å². The summed E-state index contributed by atoms with van der Waals surface area (Å²) < 4.78 is 9.69. The third kappa shape index (κ3) is 4.21. The van der Waals surface area contributed by atoms with Gasteiger partial charge in [-0.3, -0.25) is 4.79 Å². The molecule has 0 aromatic heterocycles. The van der Waals surface area contributed by atoms with Crippen molar-refractivity contribution in [1.82, 2.24) is 10.6 Å². The van der Waals surface area contributed by atoms with Gasteiger partial charge in [0, 0.05) is 18.9 Å². The van der Waals surface area contributed by atoms with Crippen molar-refractivity contribution >= 4 is 18.0 Å². The average Bonchev–Trinajstić information content (AvgIpc) is 2.92. The van der Waals surface area contributed by atoms with Crippen LogP contribution >= 0.6 is 0 Å². The molecule has 0 unspecified atom stereocenters. The van der Waals surface area contributed by atoms with E-state index in [2.05, 4.69) is 15.4 Å². The summed E-state index contributed by atoms with van der Waals surface area (Å²) in [6.45, 7) is 0.321. The number of hydrogen-bond donors (Lipinski definition) is 2. The maximum atomic E-state index is 11.6. The van der Waals surface area contributed by atoms with Crippen molar-refractivity contribution in [2.75, 3.05) is 13.7 Å². The van der Waals surface area contributed by atoms with Crippen LogP contribution in [-0.4, -0.2) is 37.7 Å². The molecule has 0 radical (unpaired) electrons. The zero-order chi connectivity index (χ0) is 15.9. The van der Waals surface area contributed by atoms with E-state index >= 15 is 0 Å². The number of amides is 2. The molecule has 2 atom stereocenters. The van der Waals surface area contributed by atoms with Crippen LogP contribution in [-0.2, 0) is 25.7 Å². The van der Waals surface area contributed by atoms with Crippen LogP contribution in [0.2, 0.25) is 0 Å². The third-order valence-corrected chi connectivity index (χ3v) is 3.41. The Labute approximate surface area is 128 Å². The maximum Gasteiger partial charge on any atom is 0.407 e. The van der Waals surface area contributed by atoms with Gasteiger partial charge in [-0.05, 0) is 5.56 Å². The fourth-order valence-electron chi connectivity index (χ4n) is 2.26. The molecule has 0 spiro atoms. The Hall–Kier alpha value is -2.57. The average molecular weight is 306 g/mol. The number of nitrogens with one attached hydrogen (secondary N) is 2. The van der Waals surface area contributed by atoms with Crippen molar-refractivity contribution in [3.05, 3.63) is 35.9 Å². The lowest BCUT2D eigenvalue weighted by Gasteiger charge is -2.16. The van der Waals surface area contributed by atoms with Crippen molar-refractivity contribution in [3.63, 3.8) is 0 Å². The van der Waals surface area contributed by atoms with Gasteiger partial charge in [0.25, 0.3) is 0 Å². The van der Waals surface area contributed by atoms with Gasteiger partial charge in [0.05, 0.1) is 7.11 Å². The van der Waals surface area contributed by atoms with Crippen LogP contribution < -0.4 is 10.6 Å². The number of rotatable bonds is 5. The molecule has 1 aromatic rings. The Bertz CT molecular complexity index is 546. The van der Waals surface area contributed by atoms with Gasteiger partial charge in [0.2, 0.25) is 5.91 Å². The molecule has 0 saturated carbocycles. The first-order chi connectivity index (χ1) is 10.6. The van der Waals surface area contributed by atoms with E-state index in [9.17, 15) is 14.4 Å². The quantitative estimate of drug-likeness (QED) is 0.777. The Morgan fingerprint density at radius 3 is 2.73 bits per heavy atom. The molecule has 22 heavy (non-hydrogen) atoms. The Kier molecular flexibility index (Phi) is 5.35. The zero-order valence-corrected chi connectivity index (χ0v) is 12.2. The predicted molar refractivity (Wildman–Crippen MR) is 76.7 cm³/mol. The number of methoxy groups -OCH3 is 1. The fourth-order valence-corrected chi connectivity index (χ4v) is 2.26. The first-order valence-electron chi connectivity index (χ1n) is 6.92. The van der Waals surface area contributed by atoms with E-state index in [-0.39, 0.29) is 31.4 Å². The van der Waals surface area contributed by atoms with E-state index in [1.165, 1.54) is 7.11 Å². The SMILES string of the molecule is COC(=O)[C@H]1NC(=O)C[C@H]1CNC(=O)OCc1ccccc1. The molecule has 118 valence electrons. The molecule has 1 aromatic carbocycles. The van der Waals surface area contributed by atoms with Gasteiger partial charge in [-0.25, -0.2) is 9.59 Å². The van der Waals surface area contributed by atoms with E-state index in [1.807, 2.05) is 30.3 Å². The van der Waals surface area contributed by atoms with Crippen LogP contribution in [0, 0.1) is 5.92 Å². The molecule has 2 amide bonds. The van der Waals surface area contributed by atoms with E-state index in [0.29, 0.717) is 0 Å². The smallest absolute Gasteiger partial charge is 0.407 e. The predicted octanol–water partition coefficient (Wildman–Crippen LogP) is 0.591. The molecular formula is C15H18N2O5. The number of esters is 1. The first-order valence-corrected chi connectivity index (χ1v) is 6.92. The minimum atomic E-state index is -0.730. The number of ether oxygens (including phenoxy) is 2. The third-order valence-electron chi connectivity index (χ3n) is 3.41. The summed E-state index contributed by atoms with van der Waals surface area (Å²) in [7, 11) is 1.26. The highest BCUT2D eigenvalue weighted by Gasteiger charge is 2.38. The molecule has 1 fully saturated rings. The summed E-state index contributed by atoms with van der Waals surface area (Å²) in [6, 6.07) is 8.55. The summed E-state index contributed by atoms with van der Waals surface area (Å²) >= 11 is 0. The lowest BCUT2D eigenvalue weighted by Crippen LogP contribution is -2.42. The highest BCUT2D eigenvalue weighted by atomic mass is 16.5. The highest BCUT2D eigenvalue weighted by molar-refractivity contribution is 5.88. The second-order valence-corrected chi connectivity index (χ2v) is 4.98. The number of benzene rings is 1. The second-order valence-electron chi connectivity index (χ2n) is 4.98. The molecular weight excluding hydrogens is 288 g/mol. The molecule has 7 heteroatoms. The van der Waals surface area contributed by atoms with Gasteiger partial charge in [-0.2, -0.15) is 0 Å². The minimum Gasteiger partial charge on any atom is -0.467 e. The zero-order valence-electron chi connectivity index (χ0n) is 12.2. The molecule has 0 aliphatic carbocycles. The topological polar surface area (TPSA) is 93.7 Å². The normalized spacial score (nSPS) is 20.1. The fraction of sp³-hybridized carbons (Fsp3) is 0.400. The second kappa shape index (κ2) is 7.44. The molecule has 0 bridgehead atoms. The summed E-state index contributed by atoms with van der Waals surface area (Å²) in [4.78, 5) is 34.6. The van der Waals surface area contributed by atoms with E-state index in [1.54, 1.807) is 0 Å². The van der Waals surface area contributed by atoms with Crippen LogP contribution in [0.15, 0.2) is 30.3 Å². The monoisotopic (exact) mass is 306 g/mol. The van der Waals surface area contributed by atoms with Crippen LogP contribution in [0.25, 0.3) is 0 Å². The Morgan fingerprint density at radius 1 is 1.32 bits per heavy atom. The highest BCUT2D eigenvalue weighted by Crippen LogP contribution is 2.17. The molecule has 1 saturated heterocycles. The summed E-state index contributed by atoms with van der Waals surface area (Å²) in [5.74, 6) is -1.10. The maximum absolute atomic E-state index is 11.6. The van der Waals surface area contributed by atoms with Crippen molar-refractivity contribution < 1.29 is 23.9 Å². The molecule has 1 aliphatic rings. The molecule has 2 N–H and O–H groups in total. The van der Waals surface area contributed by atoms with Gasteiger partial charge in [-0.15, -0.1) is 0 Å². The number of carbonyl (C=O) groups is 3. The van der Waals surface area contributed by atoms with Crippen LogP contribution in [0.3, 0.4) is 0 Å². The van der Waals surface area contributed by atoms with Gasteiger partial charge >= 0.3 is 12.1 Å². The van der Waals surface area contributed by atoms with Crippen molar-refractivity contribution in [2.45, 2.75) is 19.1 Å². The lowest BCUT2D eigenvalue weighted by atomic mass is 10.0. The summed E-state index contributed by atoms with van der Waals surface area (Å²) in [6.07, 6.45) is -0.426. The van der Waals surface area contributed by atoms with Gasteiger partial charge in [0.1, 0.15) is 12.6 Å². The van der Waals surface area contributed by atoms with Gasteiger partial charge < -0.3 is 20.1 Å². The number of carbonyl (C=O) groups excluding carboxylic acids is 3. The molecule has 2 rings (SSSR count). The van der Waals surface area contributed by atoms with Crippen molar-refractivity contribution in [1.29, 1.82) is 0 Å². The van der Waals surface area contributed by atoms with E-state index in [4.69, 9.17) is 4.74 Å². The van der Waals surface area contributed by atoms with Crippen LogP contribution in [0.4, 0.5) is 4.79 Å². The van der Waals surface area contributed by atoms with Crippen LogP contribution in [0.5, 0.6) is 0 Å². The Balaban J connectivity index is 1.77. The van der Waals surface area contributed by atoms with Crippen LogP contribution in [0.1, 0.15) is 12.0 Å². The standard InChI is InChI=1S/C15H18N2O5/c1-21-14(19)13-11(7-12(18)17-13)8-16-15(20)22-9-10-5-3-2-4-6-10/h2-6,11,13H,7-9H2,1H3,(H,16,20)(H,17,18)/t11-,13-/m0/s1. The summed E-state index contributed by atoms with van der Waals surface area (Å²) in [5.41, 5.74) is 0.878. The van der Waals surface area contributed by atoms with Crippen molar-refractivity contribution in [2.24, 2.45) is 5.92 Å².